The molecule has 0 radical (unpaired) electrons. The first-order valence-corrected chi connectivity index (χ1v) is 8.12. The third-order valence-corrected chi connectivity index (χ3v) is 3.73. The van der Waals surface area contributed by atoms with Crippen molar-refractivity contribution in [2.75, 3.05) is 5.32 Å². The third kappa shape index (κ3) is 4.64. The minimum Gasteiger partial charge on any atom is -0.426 e. The SMILES string of the molecule is CCC(=O)Oc1ccc(Cl)cc1C(C#N)Nc1cc(C)cc(Cl)c1. The Labute approximate surface area is 151 Å². The van der Waals surface area contributed by atoms with Gasteiger partial charge in [0.05, 0.1) is 6.07 Å². The normalized spacial score (nSPS) is 11.5. The Hall–Kier alpha value is -2.22. The van der Waals surface area contributed by atoms with Crippen molar-refractivity contribution in [2.45, 2.75) is 26.3 Å². The van der Waals surface area contributed by atoms with E-state index >= 15 is 0 Å². The van der Waals surface area contributed by atoms with Crippen LogP contribution in [-0.4, -0.2) is 5.97 Å². The van der Waals surface area contributed by atoms with E-state index in [0.717, 1.165) is 5.56 Å². The second-order valence-corrected chi connectivity index (χ2v) is 6.11. The average Bonchev–Trinajstić information content (AvgIpc) is 2.53. The Balaban J connectivity index is 2.37. The minimum atomic E-state index is -0.749. The number of nitrogens with one attached hydrogen (secondary N) is 1. The van der Waals surface area contributed by atoms with Gasteiger partial charge in [-0.05, 0) is 48.9 Å². The number of hydrogen-bond donors (Lipinski definition) is 1. The number of carbonyl (C=O) groups is 1. The molecule has 1 unspecified atom stereocenters. The molecule has 0 saturated heterocycles. The predicted octanol–water partition coefficient (Wildman–Crippen LogP) is 5.29. The summed E-state index contributed by atoms with van der Waals surface area (Å²) in [6.07, 6.45) is 0.236. The van der Waals surface area contributed by atoms with E-state index < -0.39 is 6.04 Å². The van der Waals surface area contributed by atoms with Crippen LogP contribution in [0.2, 0.25) is 10.0 Å². The van der Waals surface area contributed by atoms with Crippen molar-refractivity contribution in [1.82, 2.24) is 0 Å². The lowest BCUT2D eigenvalue weighted by molar-refractivity contribution is -0.134. The molecule has 0 aromatic heterocycles. The molecule has 1 N–H and O–H groups in total. The third-order valence-electron chi connectivity index (χ3n) is 3.28. The quantitative estimate of drug-likeness (QED) is 0.579. The van der Waals surface area contributed by atoms with E-state index in [-0.39, 0.29) is 12.4 Å². The van der Waals surface area contributed by atoms with Gasteiger partial charge in [-0.1, -0.05) is 30.1 Å². The summed E-state index contributed by atoms with van der Waals surface area (Å²) in [4.78, 5) is 11.6. The molecular weight excluding hydrogens is 347 g/mol. The molecular formula is C18H16Cl2N2O2. The van der Waals surface area contributed by atoms with Gasteiger partial charge in [0, 0.05) is 27.7 Å². The number of esters is 1. The molecule has 0 aliphatic heterocycles. The Kier molecular flexibility index (Phi) is 6.08. The molecule has 0 fully saturated rings. The van der Waals surface area contributed by atoms with E-state index in [1.165, 1.54) is 0 Å². The number of hydrogen-bond acceptors (Lipinski definition) is 4. The second-order valence-electron chi connectivity index (χ2n) is 5.23. The number of nitriles is 1. The predicted molar refractivity (Wildman–Crippen MR) is 95.5 cm³/mol. The molecule has 0 heterocycles. The van der Waals surface area contributed by atoms with Crippen LogP contribution in [0, 0.1) is 18.3 Å². The Bertz CT molecular complexity index is 780. The van der Waals surface area contributed by atoms with Crippen LogP contribution >= 0.6 is 23.2 Å². The molecule has 0 aliphatic rings. The van der Waals surface area contributed by atoms with Gasteiger partial charge in [0.15, 0.2) is 0 Å². The summed E-state index contributed by atoms with van der Waals surface area (Å²) >= 11 is 12.1. The number of anilines is 1. The van der Waals surface area contributed by atoms with E-state index in [1.54, 1.807) is 31.2 Å². The Morgan fingerprint density at radius 1 is 1.25 bits per heavy atom. The van der Waals surface area contributed by atoms with Crippen molar-refractivity contribution < 1.29 is 9.53 Å². The highest BCUT2D eigenvalue weighted by atomic mass is 35.5. The molecule has 0 saturated carbocycles. The fourth-order valence-electron chi connectivity index (χ4n) is 2.20. The molecule has 4 nitrogen and oxygen atoms in total. The summed E-state index contributed by atoms with van der Waals surface area (Å²) in [6, 6.07) is 11.6. The Morgan fingerprint density at radius 2 is 2.00 bits per heavy atom. The summed E-state index contributed by atoms with van der Waals surface area (Å²) in [5, 5.41) is 13.7. The van der Waals surface area contributed by atoms with E-state index in [9.17, 15) is 10.1 Å². The largest absolute Gasteiger partial charge is 0.426 e. The minimum absolute atomic E-state index is 0.236. The summed E-state index contributed by atoms with van der Waals surface area (Å²) in [6.45, 7) is 3.61. The molecule has 0 amide bonds. The van der Waals surface area contributed by atoms with Crippen LogP contribution in [0.4, 0.5) is 5.69 Å². The molecule has 6 heteroatoms. The molecule has 2 aromatic rings. The number of halogens is 2. The van der Waals surface area contributed by atoms with Gasteiger partial charge in [-0.3, -0.25) is 4.79 Å². The smallest absolute Gasteiger partial charge is 0.310 e. The van der Waals surface area contributed by atoms with Gasteiger partial charge in [0.1, 0.15) is 11.8 Å². The number of benzene rings is 2. The van der Waals surface area contributed by atoms with Crippen LogP contribution in [0.25, 0.3) is 0 Å². The topological polar surface area (TPSA) is 62.1 Å². The van der Waals surface area contributed by atoms with Crippen molar-refractivity contribution in [2.24, 2.45) is 0 Å². The zero-order valence-electron chi connectivity index (χ0n) is 13.3. The highest BCUT2D eigenvalue weighted by Gasteiger charge is 2.18. The van der Waals surface area contributed by atoms with Crippen molar-refractivity contribution in [3.8, 4) is 11.8 Å². The van der Waals surface area contributed by atoms with Gasteiger partial charge in [-0.2, -0.15) is 5.26 Å². The summed E-state index contributed by atoms with van der Waals surface area (Å²) in [7, 11) is 0. The second kappa shape index (κ2) is 8.05. The Morgan fingerprint density at radius 3 is 2.62 bits per heavy atom. The zero-order valence-corrected chi connectivity index (χ0v) is 14.8. The first-order valence-electron chi connectivity index (χ1n) is 7.36. The van der Waals surface area contributed by atoms with Crippen molar-refractivity contribution in [1.29, 1.82) is 5.26 Å². The first kappa shape index (κ1) is 18.1. The highest BCUT2D eigenvalue weighted by molar-refractivity contribution is 6.31. The fraction of sp³-hybridized carbons (Fsp3) is 0.222. The summed E-state index contributed by atoms with van der Waals surface area (Å²) < 4.78 is 5.30. The molecule has 24 heavy (non-hydrogen) atoms. The summed E-state index contributed by atoms with van der Waals surface area (Å²) in [5.41, 5.74) is 2.15. The number of aryl methyl sites for hydroxylation is 1. The molecule has 0 aliphatic carbocycles. The molecule has 2 aromatic carbocycles. The van der Waals surface area contributed by atoms with Gasteiger partial charge in [0.2, 0.25) is 0 Å². The molecule has 0 spiro atoms. The standard InChI is InChI=1S/C18H16Cl2N2O2/c1-3-18(23)24-17-5-4-12(19)9-15(17)16(10-21)22-14-7-11(2)6-13(20)8-14/h4-9,16,22H,3H2,1-2H3. The van der Waals surface area contributed by atoms with Crippen molar-refractivity contribution >= 4 is 34.9 Å². The number of rotatable bonds is 5. The van der Waals surface area contributed by atoms with Crippen LogP contribution < -0.4 is 10.1 Å². The van der Waals surface area contributed by atoms with Crippen LogP contribution in [0.3, 0.4) is 0 Å². The monoisotopic (exact) mass is 362 g/mol. The van der Waals surface area contributed by atoms with Crippen LogP contribution in [0.5, 0.6) is 5.75 Å². The maximum Gasteiger partial charge on any atom is 0.310 e. The maximum atomic E-state index is 11.6. The number of carbonyl (C=O) groups excluding carboxylic acids is 1. The van der Waals surface area contributed by atoms with Crippen molar-refractivity contribution in [3.05, 3.63) is 57.6 Å². The lowest BCUT2D eigenvalue weighted by Crippen LogP contribution is -2.13. The van der Waals surface area contributed by atoms with E-state index in [0.29, 0.717) is 27.0 Å². The molecule has 0 bridgehead atoms. The fourth-order valence-corrected chi connectivity index (χ4v) is 2.67. The van der Waals surface area contributed by atoms with Gasteiger partial charge >= 0.3 is 5.97 Å². The van der Waals surface area contributed by atoms with Gasteiger partial charge < -0.3 is 10.1 Å². The number of ether oxygens (including phenoxy) is 1. The van der Waals surface area contributed by atoms with Crippen LogP contribution in [0.15, 0.2) is 36.4 Å². The van der Waals surface area contributed by atoms with Crippen LogP contribution in [0.1, 0.15) is 30.5 Å². The lowest BCUT2D eigenvalue weighted by atomic mass is 10.1. The molecule has 124 valence electrons. The molecule has 2 rings (SSSR count). The van der Waals surface area contributed by atoms with Crippen molar-refractivity contribution in [3.63, 3.8) is 0 Å². The van der Waals surface area contributed by atoms with Gasteiger partial charge in [-0.15, -0.1) is 0 Å². The lowest BCUT2D eigenvalue weighted by Gasteiger charge is -2.17. The van der Waals surface area contributed by atoms with Gasteiger partial charge in [-0.25, -0.2) is 0 Å². The highest BCUT2D eigenvalue weighted by Crippen LogP contribution is 2.31. The first-order chi connectivity index (χ1) is 11.4. The molecule has 1 atom stereocenters. The van der Waals surface area contributed by atoms with Crippen LogP contribution in [-0.2, 0) is 4.79 Å². The van der Waals surface area contributed by atoms with E-state index in [4.69, 9.17) is 27.9 Å². The number of nitrogens with zero attached hydrogens (tertiary/aromatic N) is 1. The van der Waals surface area contributed by atoms with E-state index in [1.807, 2.05) is 19.1 Å². The van der Waals surface area contributed by atoms with E-state index in [2.05, 4.69) is 11.4 Å². The zero-order chi connectivity index (χ0) is 17.7. The average molecular weight is 363 g/mol. The summed E-state index contributed by atoms with van der Waals surface area (Å²) in [5.74, 6) is -0.0714. The maximum absolute atomic E-state index is 11.6. The van der Waals surface area contributed by atoms with Gasteiger partial charge in [0.25, 0.3) is 0 Å².